The summed E-state index contributed by atoms with van der Waals surface area (Å²) in [6, 6.07) is 0. The molecule has 2 aliphatic carbocycles. The van der Waals surface area contributed by atoms with E-state index in [0.717, 1.165) is 25.7 Å². The van der Waals surface area contributed by atoms with E-state index in [-0.39, 0.29) is 18.1 Å². The Kier molecular flexibility index (Phi) is 9.75. The van der Waals surface area contributed by atoms with Crippen molar-refractivity contribution in [3.05, 3.63) is 23.8 Å². The van der Waals surface area contributed by atoms with Gasteiger partial charge in [0.05, 0.1) is 12.2 Å². The highest BCUT2D eigenvalue weighted by Gasteiger charge is 2.44. The Morgan fingerprint density at radius 3 is 2.69 bits per heavy atom. The Balaban J connectivity index is 1.38. The second-order valence-electron chi connectivity index (χ2n) is 9.92. The predicted octanol–water partition coefficient (Wildman–Crippen LogP) is 5.47. The molecule has 1 aliphatic heterocycles. The van der Waals surface area contributed by atoms with Crippen LogP contribution in [0.3, 0.4) is 0 Å². The van der Waals surface area contributed by atoms with Crippen molar-refractivity contribution in [2.24, 2.45) is 17.8 Å². The van der Waals surface area contributed by atoms with Crippen LogP contribution in [0, 0.1) is 17.8 Å². The number of hydrogen-bond donors (Lipinski definition) is 2. The third kappa shape index (κ3) is 7.22. The number of fused-ring (bicyclic) bond motifs is 1. The van der Waals surface area contributed by atoms with Crippen LogP contribution in [0.2, 0.25) is 0 Å². The van der Waals surface area contributed by atoms with Crippen LogP contribution >= 0.6 is 0 Å². The Labute approximate surface area is 179 Å². The molecular formula is C26H45NO2. The summed E-state index contributed by atoms with van der Waals surface area (Å²) in [6.45, 7) is 6.11. The van der Waals surface area contributed by atoms with Gasteiger partial charge >= 0.3 is 0 Å². The number of aliphatic hydroxyl groups excluding tert-OH is 2. The number of aliphatic hydroxyl groups is 2. The van der Waals surface area contributed by atoms with Gasteiger partial charge in [-0.05, 0) is 89.3 Å². The number of unbranched alkanes of at least 4 members (excludes halogenated alkanes) is 4. The van der Waals surface area contributed by atoms with Crippen molar-refractivity contribution in [1.29, 1.82) is 0 Å². The zero-order valence-electron chi connectivity index (χ0n) is 18.8. The number of likely N-dealkylation sites (tertiary alicyclic amines) is 1. The molecule has 2 saturated carbocycles. The van der Waals surface area contributed by atoms with Crippen molar-refractivity contribution in [3.63, 3.8) is 0 Å². The van der Waals surface area contributed by atoms with E-state index in [1.165, 1.54) is 77.4 Å². The van der Waals surface area contributed by atoms with E-state index in [0.29, 0.717) is 11.8 Å². The molecule has 3 fully saturated rings. The summed E-state index contributed by atoms with van der Waals surface area (Å²) in [7, 11) is 0. The van der Waals surface area contributed by atoms with Crippen LogP contribution < -0.4 is 0 Å². The summed E-state index contributed by atoms with van der Waals surface area (Å²) >= 11 is 0. The average Bonchev–Trinajstić information content (AvgIpc) is 3.23. The molecule has 0 spiro atoms. The van der Waals surface area contributed by atoms with Crippen LogP contribution in [0.1, 0.15) is 90.4 Å². The fraction of sp³-hybridized carbons (Fsp3) is 0.846. The molecule has 0 unspecified atom stereocenters. The molecule has 0 bridgehead atoms. The number of allylic oxidation sites excluding steroid dienone is 2. The molecule has 0 amide bonds. The van der Waals surface area contributed by atoms with E-state index in [2.05, 4.69) is 24.0 Å². The second-order valence-corrected chi connectivity index (χ2v) is 9.92. The summed E-state index contributed by atoms with van der Waals surface area (Å²) in [5.41, 5.74) is 1.63. The summed E-state index contributed by atoms with van der Waals surface area (Å²) < 4.78 is 0. The van der Waals surface area contributed by atoms with Gasteiger partial charge in [0.2, 0.25) is 0 Å². The highest BCUT2D eigenvalue weighted by molar-refractivity contribution is 5.18. The lowest BCUT2D eigenvalue weighted by molar-refractivity contribution is 0.139. The molecule has 1 heterocycles. The lowest BCUT2D eigenvalue weighted by atomic mass is 9.90. The Morgan fingerprint density at radius 2 is 1.90 bits per heavy atom. The van der Waals surface area contributed by atoms with Crippen LogP contribution in [-0.4, -0.2) is 47.0 Å². The van der Waals surface area contributed by atoms with Crippen molar-refractivity contribution in [1.82, 2.24) is 4.90 Å². The smallest absolute Gasteiger partial charge is 0.0721 e. The van der Waals surface area contributed by atoms with Crippen LogP contribution in [0.25, 0.3) is 0 Å². The number of hydrogen-bond acceptors (Lipinski definition) is 3. The highest BCUT2D eigenvalue weighted by atomic mass is 16.3. The molecule has 0 aromatic rings. The molecular weight excluding hydrogens is 358 g/mol. The van der Waals surface area contributed by atoms with E-state index in [9.17, 15) is 10.2 Å². The Hall–Kier alpha value is -0.640. The Morgan fingerprint density at radius 1 is 1.07 bits per heavy atom. The van der Waals surface area contributed by atoms with Gasteiger partial charge in [-0.25, -0.2) is 0 Å². The first-order chi connectivity index (χ1) is 14.2. The van der Waals surface area contributed by atoms with E-state index in [1.54, 1.807) is 5.57 Å². The van der Waals surface area contributed by atoms with Crippen molar-refractivity contribution in [2.45, 2.75) is 103 Å². The van der Waals surface area contributed by atoms with Gasteiger partial charge in [0.25, 0.3) is 0 Å². The van der Waals surface area contributed by atoms with Crippen molar-refractivity contribution in [2.75, 3.05) is 19.6 Å². The zero-order chi connectivity index (χ0) is 20.5. The first-order valence-electron chi connectivity index (χ1n) is 12.6. The maximum absolute atomic E-state index is 10.5. The standard InChI is InChI=1S/C26H45NO2/c1-2-3-6-12-23(28)13-14-24-25-19-21(18-22(25)20-26(24)29)11-7-4-8-15-27-16-9-5-10-17-27/h11,13-14,22-26,28-29H,2-10,12,15-20H2,1H3/b14-13+,21-11?/t22-,23-,24+,25-,26+/m0/s1. The molecule has 3 rings (SSSR count). The topological polar surface area (TPSA) is 43.7 Å². The van der Waals surface area contributed by atoms with Gasteiger partial charge in [0, 0.05) is 5.92 Å². The van der Waals surface area contributed by atoms with Gasteiger partial charge in [-0.2, -0.15) is 0 Å². The van der Waals surface area contributed by atoms with Crippen LogP contribution in [-0.2, 0) is 0 Å². The minimum atomic E-state index is -0.343. The molecule has 1 saturated heterocycles. The summed E-state index contributed by atoms with van der Waals surface area (Å²) in [4.78, 5) is 2.64. The summed E-state index contributed by atoms with van der Waals surface area (Å²) in [5, 5.41) is 20.7. The lowest BCUT2D eigenvalue weighted by Crippen LogP contribution is -2.30. The van der Waals surface area contributed by atoms with E-state index in [4.69, 9.17) is 0 Å². The third-order valence-corrected chi connectivity index (χ3v) is 7.58. The zero-order valence-corrected chi connectivity index (χ0v) is 18.8. The third-order valence-electron chi connectivity index (χ3n) is 7.58. The van der Waals surface area contributed by atoms with Gasteiger partial charge in [-0.1, -0.05) is 56.4 Å². The van der Waals surface area contributed by atoms with Crippen LogP contribution in [0.5, 0.6) is 0 Å². The quantitative estimate of drug-likeness (QED) is 0.355. The number of piperidine rings is 1. The minimum absolute atomic E-state index is 0.213. The SMILES string of the molecule is CCCCC[C@H](O)/C=C/[C@@H]1[C@H]2CC(=CCCCCN3CCCCC3)C[C@H]2C[C@H]1O. The molecule has 2 N–H and O–H groups in total. The molecule has 0 aromatic carbocycles. The molecule has 3 aliphatic rings. The van der Waals surface area contributed by atoms with E-state index < -0.39 is 0 Å². The molecule has 3 nitrogen and oxygen atoms in total. The van der Waals surface area contributed by atoms with Crippen molar-refractivity contribution in [3.8, 4) is 0 Å². The first-order valence-corrected chi connectivity index (χ1v) is 12.6. The predicted molar refractivity (Wildman–Crippen MR) is 122 cm³/mol. The largest absolute Gasteiger partial charge is 0.392 e. The Bertz CT molecular complexity index is 523. The van der Waals surface area contributed by atoms with Gasteiger partial charge in [-0.15, -0.1) is 0 Å². The van der Waals surface area contributed by atoms with E-state index >= 15 is 0 Å². The molecule has 0 radical (unpaired) electrons. The molecule has 5 atom stereocenters. The normalized spacial score (nSPS) is 33.0. The van der Waals surface area contributed by atoms with Crippen LogP contribution in [0.15, 0.2) is 23.8 Å². The monoisotopic (exact) mass is 403 g/mol. The van der Waals surface area contributed by atoms with Crippen molar-refractivity contribution >= 4 is 0 Å². The fourth-order valence-corrected chi connectivity index (χ4v) is 5.86. The summed E-state index contributed by atoms with van der Waals surface area (Å²) in [6.07, 6.45) is 21.8. The minimum Gasteiger partial charge on any atom is -0.392 e. The highest BCUT2D eigenvalue weighted by Crippen LogP contribution is 2.50. The fourth-order valence-electron chi connectivity index (χ4n) is 5.86. The maximum atomic E-state index is 10.5. The van der Waals surface area contributed by atoms with Gasteiger partial charge < -0.3 is 15.1 Å². The van der Waals surface area contributed by atoms with Gasteiger partial charge in [-0.3, -0.25) is 0 Å². The number of rotatable bonds is 11. The summed E-state index contributed by atoms with van der Waals surface area (Å²) in [5.74, 6) is 1.48. The molecule has 29 heavy (non-hydrogen) atoms. The second kappa shape index (κ2) is 12.3. The maximum Gasteiger partial charge on any atom is 0.0721 e. The van der Waals surface area contributed by atoms with E-state index in [1.807, 2.05) is 6.08 Å². The molecule has 0 aromatic heterocycles. The lowest BCUT2D eigenvalue weighted by Gasteiger charge is -2.26. The van der Waals surface area contributed by atoms with Gasteiger partial charge in [0.15, 0.2) is 0 Å². The van der Waals surface area contributed by atoms with Crippen molar-refractivity contribution < 1.29 is 10.2 Å². The first kappa shape index (κ1) is 23.0. The molecule has 166 valence electrons. The van der Waals surface area contributed by atoms with Gasteiger partial charge in [0.1, 0.15) is 0 Å². The molecule has 3 heteroatoms. The number of nitrogens with zero attached hydrogens (tertiary/aromatic N) is 1. The van der Waals surface area contributed by atoms with Crippen LogP contribution in [0.4, 0.5) is 0 Å². The average molecular weight is 404 g/mol.